The second-order valence-electron chi connectivity index (χ2n) is 10.1. The lowest BCUT2D eigenvalue weighted by Gasteiger charge is -2.35. The number of aromatic nitrogens is 4. The van der Waals surface area contributed by atoms with E-state index in [0.717, 1.165) is 44.3 Å². The molecule has 1 atom stereocenters. The Balaban J connectivity index is 1.40. The third-order valence-corrected chi connectivity index (χ3v) is 7.86. The number of amides is 2. The Labute approximate surface area is 243 Å². The van der Waals surface area contributed by atoms with Gasteiger partial charge in [0.15, 0.2) is 0 Å². The molecule has 2 heterocycles. The molecule has 12 heteroatoms. The molecule has 1 aliphatic heterocycles. The number of nitrogens with zero attached hydrogens (tertiary/aromatic N) is 6. The number of morpholine rings is 1. The van der Waals surface area contributed by atoms with E-state index in [1.54, 1.807) is 41.3 Å². The Morgan fingerprint density at radius 2 is 1.65 bits per heavy atom. The minimum absolute atomic E-state index is 0.109. The van der Waals surface area contributed by atoms with E-state index in [1.807, 2.05) is 12.1 Å². The fourth-order valence-corrected chi connectivity index (χ4v) is 5.43. The van der Waals surface area contributed by atoms with Crippen molar-refractivity contribution >= 4 is 35.0 Å². The van der Waals surface area contributed by atoms with Crippen LogP contribution in [-0.4, -0.2) is 87.3 Å². The molecule has 212 valence electrons. The quantitative estimate of drug-likeness (QED) is 0.387. The van der Waals surface area contributed by atoms with E-state index < -0.39 is 6.04 Å². The second kappa shape index (κ2) is 13.5. The molecule has 10 nitrogen and oxygen atoms in total. The minimum Gasteiger partial charge on any atom is -0.379 e. The smallest absolute Gasteiger partial charge is 0.247 e. The van der Waals surface area contributed by atoms with E-state index in [-0.39, 0.29) is 24.4 Å². The zero-order valence-electron chi connectivity index (χ0n) is 22.2. The van der Waals surface area contributed by atoms with E-state index in [0.29, 0.717) is 47.7 Å². The topological polar surface area (TPSA) is 105 Å². The summed E-state index contributed by atoms with van der Waals surface area (Å²) in [5.41, 5.74) is 1.44. The van der Waals surface area contributed by atoms with Crippen LogP contribution in [0.1, 0.15) is 37.3 Å². The fourth-order valence-electron chi connectivity index (χ4n) is 5.18. The summed E-state index contributed by atoms with van der Waals surface area (Å²) in [5.74, 6) is -0.0923. The molecule has 0 bridgehead atoms. The van der Waals surface area contributed by atoms with Gasteiger partial charge in [-0.05, 0) is 60.0 Å². The lowest BCUT2D eigenvalue weighted by atomic mass is 10.0. The number of carbonyl (C=O) groups excluding carboxylic acids is 2. The molecule has 2 fully saturated rings. The SMILES string of the molecule is O=C(NC1CCCC1)C(c1ccc(Cl)cc1)N(CCN1CCOCC1)C(=O)Cn1nnc(-c2ccc(Cl)cc2)n1. The number of rotatable bonds is 10. The summed E-state index contributed by atoms with van der Waals surface area (Å²) in [7, 11) is 0. The van der Waals surface area contributed by atoms with Gasteiger partial charge in [-0.2, -0.15) is 4.80 Å². The van der Waals surface area contributed by atoms with Gasteiger partial charge in [-0.3, -0.25) is 14.5 Å². The highest BCUT2D eigenvalue weighted by Gasteiger charge is 2.34. The van der Waals surface area contributed by atoms with Crippen LogP contribution in [-0.2, 0) is 20.9 Å². The van der Waals surface area contributed by atoms with Gasteiger partial charge >= 0.3 is 0 Å². The predicted octanol–water partition coefficient (Wildman–Crippen LogP) is 3.61. The summed E-state index contributed by atoms with van der Waals surface area (Å²) in [6, 6.07) is 13.5. The van der Waals surface area contributed by atoms with Gasteiger partial charge in [0.2, 0.25) is 17.6 Å². The minimum atomic E-state index is -0.828. The molecule has 1 unspecified atom stereocenters. The average molecular weight is 587 g/mol. The Kier molecular flexibility index (Phi) is 9.64. The number of carbonyl (C=O) groups is 2. The van der Waals surface area contributed by atoms with Gasteiger partial charge < -0.3 is 15.0 Å². The van der Waals surface area contributed by atoms with Crippen molar-refractivity contribution in [3.63, 3.8) is 0 Å². The third-order valence-electron chi connectivity index (χ3n) is 7.36. The van der Waals surface area contributed by atoms with Gasteiger partial charge in [-0.25, -0.2) is 0 Å². The van der Waals surface area contributed by atoms with Crippen LogP contribution in [0.4, 0.5) is 0 Å². The highest BCUT2D eigenvalue weighted by Crippen LogP contribution is 2.26. The number of ether oxygens (including phenoxy) is 1. The summed E-state index contributed by atoms with van der Waals surface area (Å²) in [4.78, 5) is 32.9. The average Bonchev–Trinajstić information content (AvgIpc) is 3.65. The van der Waals surface area contributed by atoms with Crippen molar-refractivity contribution in [3.8, 4) is 11.4 Å². The van der Waals surface area contributed by atoms with Crippen molar-refractivity contribution in [1.82, 2.24) is 35.3 Å². The van der Waals surface area contributed by atoms with Crippen molar-refractivity contribution in [2.24, 2.45) is 0 Å². The molecule has 2 amide bonds. The Bertz CT molecular complexity index is 1270. The maximum absolute atomic E-state index is 13.9. The molecule has 1 aliphatic carbocycles. The number of benzene rings is 2. The maximum atomic E-state index is 13.9. The molecule has 2 aliphatic rings. The number of hydrogen-bond donors (Lipinski definition) is 1. The fraction of sp³-hybridized carbons (Fsp3) is 0.464. The molecule has 5 rings (SSSR count). The van der Waals surface area contributed by atoms with Crippen LogP contribution in [0, 0.1) is 0 Å². The predicted molar refractivity (Wildman–Crippen MR) is 152 cm³/mol. The number of hydrogen-bond acceptors (Lipinski definition) is 7. The van der Waals surface area contributed by atoms with Gasteiger partial charge in [0.1, 0.15) is 12.6 Å². The lowest BCUT2D eigenvalue weighted by Crippen LogP contribution is -2.50. The van der Waals surface area contributed by atoms with Gasteiger partial charge in [-0.1, -0.05) is 48.2 Å². The first kappa shape index (κ1) is 28.5. The Hall–Kier alpha value is -3.05. The van der Waals surface area contributed by atoms with Crippen molar-refractivity contribution in [3.05, 3.63) is 64.1 Å². The number of nitrogens with one attached hydrogen (secondary N) is 1. The first-order valence-corrected chi connectivity index (χ1v) is 14.4. The summed E-state index contributed by atoms with van der Waals surface area (Å²) in [6.45, 7) is 3.64. The Morgan fingerprint density at radius 1 is 1.00 bits per heavy atom. The highest BCUT2D eigenvalue weighted by molar-refractivity contribution is 6.30. The highest BCUT2D eigenvalue weighted by atomic mass is 35.5. The molecule has 3 aromatic rings. The van der Waals surface area contributed by atoms with Gasteiger partial charge in [0.25, 0.3) is 0 Å². The molecular formula is C28H33Cl2N7O3. The lowest BCUT2D eigenvalue weighted by molar-refractivity contribution is -0.142. The first-order valence-electron chi connectivity index (χ1n) is 13.7. The molecular weight excluding hydrogens is 553 g/mol. The molecule has 2 aromatic carbocycles. The summed E-state index contributed by atoms with van der Waals surface area (Å²) in [6.07, 6.45) is 4.06. The van der Waals surface area contributed by atoms with Crippen molar-refractivity contribution in [1.29, 1.82) is 0 Å². The number of tetrazole rings is 1. The van der Waals surface area contributed by atoms with Gasteiger partial charge in [0.05, 0.1) is 13.2 Å². The van der Waals surface area contributed by atoms with Crippen LogP contribution in [0.15, 0.2) is 48.5 Å². The van der Waals surface area contributed by atoms with Crippen LogP contribution in [0.3, 0.4) is 0 Å². The monoisotopic (exact) mass is 585 g/mol. The zero-order valence-corrected chi connectivity index (χ0v) is 23.7. The van der Waals surface area contributed by atoms with Crippen molar-refractivity contribution in [2.45, 2.75) is 44.3 Å². The summed E-state index contributed by atoms with van der Waals surface area (Å²) in [5, 5.41) is 17.0. The van der Waals surface area contributed by atoms with Gasteiger partial charge in [0, 0.05) is 47.8 Å². The van der Waals surface area contributed by atoms with Gasteiger partial charge in [-0.15, -0.1) is 10.2 Å². The van der Waals surface area contributed by atoms with Crippen LogP contribution in [0.25, 0.3) is 11.4 Å². The van der Waals surface area contributed by atoms with Crippen molar-refractivity contribution < 1.29 is 14.3 Å². The van der Waals surface area contributed by atoms with E-state index in [1.165, 1.54) is 4.80 Å². The standard InChI is InChI=1S/C28H33Cl2N7O3/c29-22-9-5-20(6-10-22)26(28(39)31-24-3-1-2-4-24)36(14-13-35-15-17-40-18-16-35)25(38)19-37-33-27(32-34-37)21-7-11-23(30)12-8-21/h5-12,24,26H,1-4,13-19H2,(H,31,39). The molecule has 40 heavy (non-hydrogen) atoms. The third kappa shape index (κ3) is 7.37. The van der Waals surface area contributed by atoms with Crippen molar-refractivity contribution in [2.75, 3.05) is 39.4 Å². The molecule has 0 radical (unpaired) electrons. The summed E-state index contributed by atoms with van der Waals surface area (Å²) < 4.78 is 5.49. The maximum Gasteiger partial charge on any atom is 0.247 e. The second-order valence-corrected chi connectivity index (χ2v) is 11.0. The van der Waals surface area contributed by atoms with Crippen LogP contribution in [0.5, 0.6) is 0 Å². The van der Waals surface area contributed by atoms with Crippen LogP contribution < -0.4 is 5.32 Å². The molecule has 1 aromatic heterocycles. The Morgan fingerprint density at radius 3 is 2.33 bits per heavy atom. The number of halogens is 2. The van der Waals surface area contributed by atoms with E-state index >= 15 is 0 Å². The largest absolute Gasteiger partial charge is 0.379 e. The normalized spacial score (nSPS) is 17.1. The van der Waals surface area contributed by atoms with E-state index in [2.05, 4.69) is 25.6 Å². The molecule has 1 saturated carbocycles. The van der Waals surface area contributed by atoms with E-state index in [4.69, 9.17) is 27.9 Å². The molecule has 1 N–H and O–H groups in total. The van der Waals surface area contributed by atoms with E-state index in [9.17, 15) is 9.59 Å². The molecule has 1 saturated heterocycles. The summed E-state index contributed by atoms with van der Waals surface area (Å²) >= 11 is 12.2. The van der Waals surface area contributed by atoms with Crippen LogP contribution >= 0.6 is 23.2 Å². The first-order chi connectivity index (χ1) is 19.5. The molecule has 0 spiro atoms. The van der Waals surface area contributed by atoms with Crippen LogP contribution in [0.2, 0.25) is 10.0 Å². The zero-order chi connectivity index (χ0) is 27.9.